The van der Waals surface area contributed by atoms with Crippen LogP contribution < -0.4 is 4.74 Å². The Balaban J connectivity index is 0.000000381. The lowest BCUT2D eigenvalue weighted by Gasteiger charge is -1.98. The zero-order valence-electron chi connectivity index (χ0n) is 14.1. The highest BCUT2D eigenvalue weighted by Crippen LogP contribution is 2.19. The fourth-order valence-electron chi connectivity index (χ4n) is 1.47. The second kappa shape index (κ2) is 11.7. The topological polar surface area (TPSA) is 18.5 Å². The minimum atomic E-state index is -0.457. The number of halogens is 3. The third-order valence-electron chi connectivity index (χ3n) is 2.79. The Kier molecular flexibility index (Phi) is 10.8. The molecule has 0 saturated heterocycles. The maximum atomic E-state index is 12.8. The molecule has 5 heteroatoms. The van der Waals surface area contributed by atoms with Gasteiger partial charge >= 0.3 is 0 Å². The molecule has 1 aromatic carbocycles. The molecule has 0 heterocycles. The van der Waals surface area contributed by atoms with Crippen LogP contribution in [0.5, 0.6) is 5.75 Å². The largest absolute Gasteiger partial charge is 0.501 e. The van der Waals surface area contributed by atoms with Crippen LogP contribution in [0.15, 0.2) is 53.6 Å². The molecule has 2 rings (SSSR count). The monoisotopic (exact) mass is 344 g/mol. The van der Waals surface area contributed by atoms with E-state index in [1.165, 1.54) is 25.3 Å². The molecule has 0 radical (unpaired) electrons. The van der Waals surface area contributed by atoms with Crippen LogP contribution in [0.1, 0.15) is 27.2 Å². The van der Waals surface area contributed by atoms with E-state index in [4.69, 9.17) is 21.1 Å². The van der Waals surface area contributed by atoms with Gasteiger partial charge in [-0.25, -0.2) is 8.78 Å². The van der Waals surface area contributed by atoms with Crippen molar-refractivity contribution < 1.29 is 18.3 Å². The first-order chi connectivity index (χ1) is 11.0. The summed E-state index contributed by atoms with van der Waals surface area (Å²) in [5.41, 5.74) is 0.674. The molecule has 128 valence electrons. The minimum Gasteiger partial charge on any atom is -0.501 e. The Hall–Kier alpha value is -1.81. The van der Waals surface area contributed by atoms with Gasteiger partial charge < -0.3 is 9.47 Å². The van der Waals surface area contributed by atoms with Gasteiger partial charge in [-0.1, -0.05) is 31.5 Å². The fourth-order valence-corrected chi connectivity index (χ4v) is 1.59. The smallest absolute Gasteiger partial charge is 0.145 e. The van der Waals surface area contributed by atoms with E-state index in [0.29, 0.717) is 17.7 Å². The maximum absolute atomic E-state index is 12.8. The molecule has 0 aromatic heterocycles. The number of benzene rings is 1. The quantitative estimate of drug-likeness (QED) is 0.632. The number of hydrogen-bond acceptors (Lipinski definition) is 2. The van der Waals surface area contributed by atoms with Crippen molar-refractivity contribution in [2.24, 2.45) is 0 Å². The van der Waals surface area contributed by atoms with Crippen LogP contribution in [-0.4, -0.2) is 14.2 Å². The molecule has 0 N–H and O–H groups in total. The highest BCUT2D eigenvalue weighted by molar-refractivity contribution is 6.30. The van der Waals surface area contributed by atoms with Gasteiger partial charge in [-0.15, -0.1) is 0 Å². The van der Waals surface area contributed by atoms with E-state index < -0.39 is 5.82 Å². The summed E-state index contributed by atoms with van der Waals surface area (Å²) in [6.07, 6.45) is 5.57. The summed E-state index contributed by atoms with van der Waals surface area (Å²) in [6, 6.07) is 4.30. The first-order valence-corrected chi connectivity index (χ1v) is 7.62. The Morgan fingerprint density at radius 3 is 2.22 bits per heavy atom. The van der Waals surface area contributed by atoms with Crippen LogP contribution >= 0.6 is 11.6 Å². The van der Waals surface area contributed by atoms with Crippen molar-refractivity contribution in [3.8, 4) is 5.75 Å². The van der Waals surface area contributed by atoms with Crippen LogP contribution in [0.4, 0.5) is 8.78 Å². The highest BCUT2D eigenvalue weighted by atomic mass is 35.5. The van der Waals surface area contributed by atoms with E-state index in [2.05, 4.69) is 0 Å². The Labute approximate surface area is 142 Å². The van der Waals surface area contributed by atoms with Crippen LogP contribution in [0.25, 0.3) is 0 Å². The molecule has 1 aliphatic rings. The SMILES string of the molecule is CC.COC1=CC=C(F)C(C)=CC1.COc1ccc(Cl)c(F)c1. The molecule has 2 nitrogen and oxygen atoms in total. The predicted molar refractivity (Wildman–Crippen MR) is 92.0 cm³/mol. The van der Waals surface area contributed by atoms with E-state index in [0.717, 1.165) is 5.76 Å². The lowest BCUT2D eigenvalue weighted by atomic mass is 10.2. The van der Waals surface area contributed by atoms with Gasteiger partial charge in [0.1, 0.15) is 17.4 Å². The van der Waals surface area contributed by atoms with E-state index in [1.807, 2.05) is 19.9 Å². The second-order valence-corrected chi connectivity index (χ2v) is 4.63. The van der Waals surface area contributed by atoms with Gasteiger partial charge in [-0.05, 0) is 36.8 Å². The van der Waals surface area contributed by atoms with E-state index in [1.54, 1.807) is 26.2 Å². The summed E-state index contributed by atoms with van der Waals surface area (Å²) in [4.78, 5) is 0. The molecular weight excluding hydrogens is 322 g/mol. The van der Waals surface area contributed by atoms with Crippen LogP contribution in [0.3, 0.4) is 0 Å². The number of ether oxygens (including phenoxy) is 2. The summed E-state index contributed by atoms with van der Waals surface area (Å²) in [5, 5.41) is 0.112. The fraction of sp³-hybridized carbons (Fsp3) is 0.333. The summed E-state index contributed by atoms with van der Waals surface area (Å²) < 4.78 is 35.1. The zero-order chi connectivity index (χ0) is 17.8. The van der Waals surface area contributed by atoms with Gasteiger partial charge in [-0.3, -0.25) is 0 Å². The van der Waals surface area contributed by atoms with Gasteiger partial charge in [0.2, 0.25) is 0 Å². The summed E-state index contributed by atoms with van der Waals surface area (Å²) in [7, 11) is 3.06. The van der Waals surface area contributed by atoms with Gasteiger partial charge in [0.25, 0.3) is 0 Å². The maximum Gasteiger partial charge on any atom is 0.145 e. The summed E-state index contributed by atoms with van der Waals surface area (Å²) >= 11 is 5.41. The van der Waals surface area contributed by atoms with Crippen molar-refractivity contribution in [2.45, 2.75) is 27.2 Å². The average Bonchev–Trinajstić information content (AvgIpc) is 2.74. The van der Waals surface area contributed by atoms with Crippen molar-refractivity contribution >= 4 is 11.6 Å². The molecule has 0 unspecified atom stereocenters. The number of hydrogen-bond donors (Lipinski definition) is 0. The summed E-state index contributed by atoms with van der Waals surface area (Å²) in [6.45, 7) is 5.75. The van der Waals surface area contributed by atoms with Crippen molar-refractivity contribution in [3.63, 3.8) is 0 Å². The number of allylic oxidation sites excluding steroid dienone is 5. The first-order valence-electron chi connectivity index (χ1n) is 7.24. The van der Waals surface area contributed by atoms with Crippen molar-refractivity contribution in [1.29, 1.82) is 0 Å². The molecule has 0 aliphatic heterocycles. The second-order valence-electron chi connectivity index (χ2n) is 4.22. The third kappa shape index (κ3) is 7.84. The molecule has 23 heavy (non-hydrogen) atoms. The molecule has 0 amide bonds. The molecule has 0 spiro atoms. The molecule has 0 fully saturated rings. The van der Waals surface area contributed by atoms with Crippen LogP contribution in [-0.2, 0) is 4.74 Å². The van der Waals surface area contributed by atoms with Gasteiger partial charge in [0.05, 0.1) is 25.0 Å². The molecule has 1 aliphatic carbocycles. The van der Waals surface area contributed by atoms with Crippen molar-refractivity contribution in [1.82, 2.24) is 0 Å². The predicted octanol–water partition coefficient (Wildman–Crippen LogP) is 6.23. The first kappa shape index (κ1) is 21.2. The Morgan fingerprint density at radius 2 is 1.70 bits per heavy atom. The molecule has 0 saturated carbocycles. The lowest BCUT2D eigenvalue weighted by Crippen LogP contribution is -1.83. The highest BCUT2D eigenvalue weighted by Gasteiger charge is 2.02. The zero-order valence-corrected chi connectivity index (χ0v) is 14.9. The summed E-state index contributed by atoms with van der Waals surface area (Å²) in [5.74, 6) is 0.622. The molecular formula is C18H23ClF2O2. The van der Waals surface area contributed by atoms with Gasteiger partial charge in [0.15, 0.2) is 0 Å². The van der Waals surface area contributed by atoms with Crippen molar-refractivity contribution in [2.75, 3.05) is 14.2 Å². The molecule has 0 bridgehead atoms. The van der Waals surface area contributed by atoms with E-state index >= 15 is 0 Å². The lowest BCUT2D eigenvalue weighted by molar-refractivity contribution is 0.285. The average molecular weight is 345 g/mol. The van der Waals surface area contributed by atoms with E-state index in [-0.39, 0.29) is 10.8 Å². The normalized spacial score (nSPS) is 13.0. The minimum absolute atomic E-state index is 0.112. The third-order valence-corrected chi connectivity index (χ3v) is 3.10. The number of methoxy groups -OCH3 is 2. The molecule has 0 atom stereocenters. The Morgan fingerprint density at radius 1 is 1.04 bits per heavy atom. The number of rotatable bonds is 2. The molecule has 1 aromatic rings. The standard InChI is InChI=1S/C9H11FO.C7H6ClFO.C2H6/c1-7-3-4-8(11-2)5-6-9(7)10;1-10-5-2-3-6(8)7(9)4-5;1-2/h3,5-6H,4H2,1-2H3;2-4H,1H3;1-2H3. The van der Waals surface area contributed by atoms with Gasteiger partial charge in [0, 0.05) is 12.5 Å². The van der Waals surface area contributed by atoms with Gasteiger partial charge in [-0.2, -0.15) is 0 Å². The Bertz CT molecular complexity index is 578. The van der Waals surface area contributed by atoms with Crippen molar-refractivity contribution in [3.05, 3.63) is 64.4 Å². The van der Waals surface area contributed by atoms with E-state index in [9.17, 15) is 8.78 Å². The van der Waals surface area contributed by atoms with Crippen LogP contribution in [0.2, 0.25) is 5.02 Å². The van der Waals surface area contributed by atoms with Crippen LogP contribution in [0, 0.1) is 5.82 Å².